The molecule has 0 aromatic carbocycles. The van der Waals surface area contributed by atoms with E-state index in [1.807, 2.05) is 0 Å². The van der Waals surface area contributed by atoms with Crippen LogP contribution >= 0.6 is 0 Å². The second kappa shape index (κ2) is 3.65. The zero-order chi connectivity index (χ0) is 11.6. The van der Waals surface area contributed by atoms with Crippen molar-refractivity contribution in [1.29, 1.82) is 5.41 Å². The summed E-state index contributed by atoms with van der Waals surface area (Å²) >= 11 is 0. The Labute approximate surface area is 83.4 Å². The van der Waals surface area contributed by atoms with Crippen molar-refractivity contribution in [2.24, 2.45) is 5.73 Å². The fraction of sp³-hybridized carbons (Fsp3) is 0.250. The Balaban J connectivity index is 3.25. The minimum atomic E-state index is -4.64. The first-order chi connectivity index (χ1) is 6.86. The highest BCUT2D eigenvalue weighted by molar-refractivity contribution is 5.95. The molecule has 15 heavy (non-hydrogen) atoms. The number of hydrogen-bond donors (Lipinski definition) is 2. The van der Waals surface area contributed by atoms with Crippen molar-refractivity contribution in [2.45, 2.75) is 12.7 Å². The van der Waals surface area contributed by atoms with Gasteiger partial charge in [-0.15, -0.1) is 6.42 Å². The molecule has 1 aromatic rings. The van der Waals surface area contributed by atoms with Gasteiger partial charge in [-0.2, -0.15) is 18.3 Å². The molecule has 1 rings (SSSR count). The van der Waals surface area contributed by atoms with Gasteiger partial charge >= 0.3 is 6.18 Å². The molecule has 0 aliphatic heterocycles. The maximum atomic E-state index is 12.4. The minimum Gasteiger partial charge on any atom is -0.384 e. The van der Waals surface area contributed by atoms with Crippen LogP contribution in [0.3, 0.4) is 0 Å². The van der Waals surface area contributed by atoms with Crippen LogP contribution in [-0.4, -0.2) is 15.6 Å². The third kappa shape index (κ3) is 2.28. The lowest BCUT2D eigenvalue weighted by Gasteiger charge is -2.03. The highest BCUT2D eigenvalue weighted by atomic mass is 19.4. The molecule has 3 N–H and O–H groups in total. The Bertz CT molecular complexity index is 424. The number of nitrogens with one attached hydrogen (secondary N) is 1. The zero-order valence-electron chi connectivity index (χ0n) is 7.47. The molecule has 1 aromatic heterocycles. The van der Waals surface area contributed by atoms with Crippen molar-refractivity contribution in [2.75, 3.05) is 0 Å². The van der Waals surface area contributed by atoms with E-state index in [0.29, 0.717) is 0 Å². The molecule has 0 atom stereocenters. The molecule has 0 saturated heterocycles. The average Bonchev–Trinajstić information content (AvgIpc) is 2.48. The topological polar surface area (TPSA) is 67.7 Å². The molecule has 0 saturated carbocycles. The van der Waals surface area contributed by atoms with Gasteiger partial charge in [0.25, 0.3) is 0 Å². The lowest BCUT2D eigenvalue weighted by Crippen LogP contribution is -2.17. The summed E-state index contributed by atoms with van der Waals surface area (Å²) in [5.41, 5.74) is 3.35. The smallest absolute Gasteiger partial charge is 0.384 e. The number of alkyl halides is 3. The second-order valence-electron chi connectivity index (χ2n) is 2.70. The molecule has 80 valence electrons. The SMILES string of the molecule is C#CCn1cc(C(=N)N)c(C(F)(F)F)n1. The van der Waals surface area contributed by atoms with E-state index < -0.39 is 23.3 Å². The summed E-state index contributed by atoms with van der Waals surface area (Å²) < 4.78 is 38.1. The fourth-order valence-electron chi connectivity index (χ4n) is 1.00. The molecule has 4 nitrogen and oxygen atoms in total. The molecule has 0 amide bonds. The van der Waals surface area contributed by atoms with E-state index in [-0.39, 0.29) is 6.54 Å². The Morgan fingerprint density at radius 1 is 1.67 bits per heavy atom. The lowest BCUT2D eigenvalue weighted by atomic mass is 10.2. The van der Waals surface area contributed by atoms with Gasteiger partial charge in [0.05, 0.1) is 5.56 Å². The van der Waals surface area contributed by atoms with E-state index in [2.05, 4.69) is 11.0 Å². The summed E-state index contributed by atoms with van der Waals surface area (Å²) in [6.45, 7) is -0.101. The third-order valence-electron chi connectivity index (χ3n) is 1.57. The fourth-order valence-corrected chi connectivity index (χ4v) is 1.00. The molecule has 0 unspecified atom stereocenters. The van der Waals surface area contributed by atoms with Crippen molar-refractivity contribution in [3.63, 3.8) is 0 Å². The highest BCUT2D eigenvalue weighted by Crippen LogP contribution is 2.30. The number of nitrogens with two attached hydrogens (primary N) is 1. The number of terminal acetylenes is 1. The Morgan fingerprint density at radius 2 is 2.27 bits per heavy atom. The molecule has 1 heterocycles. The molecular weight excluding hydrogens is 209 g/mol. The van der Waals surface area contributed by atoms with Gasteiger partial charge in [0, 0.05) is 6.20 Å². The summed E-state index contributed by atoms with van der Waals surface area (Å²) in [5, 5.41) is 10.2. The molecular formula is C8H7F3N4. The van der Waals surface area contributed by atoms with E-state index in [0.717, 1.165) is 10.9 Å². The van der Waals surface area contributed by atoms with Crippen LogP contribution in [0.1, 0.15) is 11.3 Å². The van der Waals surface area contributed by atoms with Crippen LogP contribution in [0.25, 0.3) is 0 Å². The number of rotatable bonds is 2. The van der Waals surface area contributed by atoms with E-state index >= 15 is 0 Å². The molecule has 0 radical (unpaired) electrons. The standard InChI is InChI=1S/C8H7F3N4/c1-2-3-15-4-5(7(12)13)6(14-15)8(9,10)11/h1,4H,3H2,(H3,12,13). The normalized spacial score (nSPS) is 11.1. The van der Waals surface area contributed by atoms with Crippen LogP contribution in [0.2, 0.25) is 0 Å². The number of amidine groups is 1. The Kier molecular flexibility index (Phi) is 2.70. The van der Waals surface area contributed by atoms with Gasteiger partial charge in [-0.05, 0) is 0 Å². The summed E-state index contributed by atoms with van der Waals surface area (Å²) in [6.07, 6.45) is 1.29. The average molecular weight is 216 g/mol. The van der Waals surface area contributed by atoms with Crippen molar-refractivity contribution >= 4 is 5.84 Å². The number of aromatic nitrogens is 2. The first-order valence-electron chi connectivity index (χ1n) is 3.78. The maximum Gasteiger partial charge on any atom is 0.435 e. The van der Waals surface area contributed by atoms with Crippen LogP contribution in [0, 0.1) is 17.8 Å². The van der Waals surface area contributed by atoms with Gasteiger partial charge in [-0.1, -0.05) is 5.92 Å². The molecule has 7 heteroatoms. The summed E-state index contributed by atoms with van der Waals surface area (Å²) in [5.74, 6) is 1.45. The van der Waals surface area contributed by atoms with Crippen LogP contribution in [0.15, 0.2) is 6.20 Å². The monoisotopic (exact) mass is 216 g/mol. The van der Waals surface area contributed by atoms with Crippen molar-refractivity contribution in [3.05, 3.63) is 17.5 Å². The highest BCUT2D eigenvalue weighted by Gasteiger charge is 2.37. The summed E-state index contributed by atoms with van der Waals surface area (Å²) in [6, 6.07) is 0. The summed E-state index contributed by atoms with van der Waals surface area (Å²) in [4.78, 5) is 0. The Morgan fingerprint density at radius 3 is 2.60 bits per heavy atom. The predicted molar refractivity (Wildman–Crippen MR) is 47.1 cm³/mol. The molecule has 0 fully saturated rings. The second-order valence-corrected chi connectivity index (χ2v) is 2.70. The number of nitrogens with zero attached hydrogens (tertiary/aromatic N) is 2. The van der Waals surface area contributed by atoms with Crippen molar-refractivity contribution < 1.29 is 13.2 Å². The quantitative estimate of drug-likeness (QED) is 0.436. The van der Waals surface area contributed by atoms with Gasteiger partial charge in [0.1, 0.15) is 12.4 Å². The van der Waals surface area contributed by atoms with E-state index in [1.165, 1.54) is 0 Å². The Hall–Kier alpha value is -1.97. The van der Waals surface area contributed by atoms with Gasteiger partial charge < -0.3 is 5.73 Å². The number of hydrogen-bond acceptors (Lipinski definition) is 2. The van der Waals surface area contributed by atoms with Crippen molar-refractivity contribution in [1.82, 2.24) is 9.78 Å². The van der Waals surface area contributed by atoms with E-state index in [1.54, 1.807) is 0 Å². The zero-order valence-corrected chi connectivity index (χ0v) is 7.47. The molecule has 0 bridgehead atoms. The van der Waals surface area contributed by atoms with E-state index in [9.17, 15) is 13.2 Å². The summed E-state index contributed by atoms with van der Waals surface area (Å²) in [7, 11) is 0. The molecule has 0 aliphatic rings. The van der Waals surface area contributed by atoms with Gasteiger partial charge in [-0.25, -0.2) is 0 Å². The van der Waals surface area contributed by atoms with Crippen LogP contribution in [0.4, 0.5) is 13.2 Å². The lowest BCUT2D eigenvalue weighted by molar-refractivity contribution is -0.141. The van der Waals surface area contributed by atoms with E-state index in [4.69, 9.17) is 17.6 Å². The largest absolute Gasteiger partial charge is 0.435 e. The molecule has 0 aliphatic carbocycles. The van der Waals surface area contributed by atoms with Crippen LogP contribution in [-0.2, 0) is 12.7 Å². The van der Waals surface area contributed by atoms with Crippen LogP contribution < -0.4 is 5.73 Å². The van der Waals surface area contributed by atoms with Crippen molar-refractivity contribution in [3.8, 4) is 12.3 Å². The number of nitrogen functional groups attached to an aromatic ring is 1. The van der Waals surface area contributed by atoms with Gasteiger partial charge in [-0.3, -0.25) is 10.1 Å². The minimum absolute atomic E-state index is 0.101. The first-order valence-corrected chi connectivity index (χ1v) is 3.78. The molecule has 0 spiro atoms. The predicted octanol–water partition coefficient (Wildman–Crippen LogP) is 0.819. The first kappa shape index (κ1) is 11.1. The van der Waals surface area contributed by atoms with Crippen LogP contribution in [0.5, 0.6) is 0 Å². The third-order valence-corrected chi connectivity index (χ3v) is 1.57. The maximum absolute atomic E-state index is 12.4. The van der Waals surface area contributed by atoms with Gasteiger partial charge in [0.2, 0.25) is 0 Å². The number of halogens is 3. The van der Waals surface area contributed by atoms with Gasteiger partial charge in [0.15, 0.2) is 5.69 Å².